The highest BCUT2D eigenvalue weighted by Crippen LogP contribution is 2.12. The van der Waals surface area contributed by atoms with E-state index in [1.165, 1.54) is 12.4 Å². The number of para-hydroxylation sites is 1. The first-order valence-electron chi connectivity index (χ1n) is 5.30. The quantitative estimate of drug-likeness (QED) is 0.632. The lowest BCUT2D eigenvalue weighted by Crippen LogP contribution is -2.18. The van der Waals surface area contributed by atoms with Gasteiger partial charge in [-0.2, -0.15) is 5.10 Å². The number of nitrogens with one attached hydrogen (secondary N) is 1. The molecule has 0 aliphatic heterocycles. The van der Waals surface area contributed by atoms with Crippen LogP contribution in [0.5, 0.6) is 5.75 Å². The van der Waals surface area contributed by atoms with Gasteiger partial charge in [-0.1, -0.05) is 18.2 Å². The van der Waals surface area contributed by atoms with E-state index in [9.17, 15) is 9.90 Å². The van der Waals surface area contributed by atoms with E-state index in [2.05, 4.69) is 15.5 Å². The van der Waals surface area contributed by atoms with E-state index in [1.807, 2.05) is 0 Å². The van der Waals surface area contributed by atoms with Crippen molar-refractivity contribution in [2.24, 2.45) is 5.10 Å². The predicted molar refractivity (Wildman–Crippen MR) is 67.4 cm³/mol. The lowest BCUT2D eigenvalue weighted by atomic mass is 10.2. The number of benzene rings is 1. The van der Waals surface area contributed by atoms with Gasteiger partial charge in [0.2, 0.25) is 0 Å². The minimum absolute atomic E-state index is 0.105. The van der Waals surface area contributed by atoms with Crippen molar-refractivity contribution in [1.29, 1.82) is 0 Å². The molecule has 1 aromatic heterocycles. The molecule has 0 aliphatic carbocycles. The molecule has 1 aromatic carbocycles. The molecule has 1 heterocycles. The maximum Gasteiger partial charge on any atom is 0.289 e. The highest BCUT2D eigenvalue weighted by atomic mass is 16.3. The number of aromatic nitrogens is 1. The Labute approximate surface area is 104 Å². The molecule has 0 fully saturated rings. The monoisotopic (exact) mass is 241 g/mol. The number of phenols is 1. The lowest BCUT2D eigenvalue weighted by molar-refractivity contribution is 0.0950. The molecule has 0 saturated carbocycles. The van der Waals surface area contributed by atoms with Gasteiger partial charge in [-0.15, -0.1) is 0 Å². The Morgan fingerprint density at radius 3 is 2.72 bits per heavy atom. The number of hydrazone groups is 1. The summed E-state index contributed by atoms with van der Waals surface area (Å²) in [6.45, 7) is 0. The van der Waals surface area contributed by atoms with Crippen LogP contribution in [0.15, 0.2) is 53.8 Å². The van der Waals surface area contributed by atoms with Gasteiger partial charge < -0.3 is 5.11 Å². The van der Waals surface area contributed by atoms with Crippen molar-refractivity contribution in [3.63, 3.8) is 0 Å². The molecular formula is C13H11N3O2. The molecule has 0 atom stereocenters. The molecule has 18 heavy (non-hydrogen) atoms. The fourth-order valence-electron chi connectivity index (χ4n) is 1.31. The van der Waals surface area contributed by atoms with Crippen LogP contribution < -0.4 is 5.43 Å². The van der Waals surface area contributed by atoms with Gasteiger partial charge in [0.05, 0.1) is 6.21 Å². The van der Waals surface area contributed by atoms with Crippen LogP contribution in [0.3, 0.4) is 0 Å². The largest absolute Gasteiger partial charge is 0.507 e. The molecule has 0 aliphatic rings. The van der Waals surface area contributed by atoms with E-state index in [0.29, 0.717) is 5.56 Å². The molecule has 0 unspecified atom stereocenters. The van der Waals surface area contributed by atoms with Gasteiger partial charge in [0.1, 0.15) is 11.4 Å². The van der Waals surface area contributed by atoms with Crippen LogP contribution in [0.1, 0.15) is 16.1 Å². The van der Waals surface area contributed by atoms with Gasteiger partial charge >= 0.3 is 0 Å². The number of rotatable bonds is 3. The lowest BCUT2D eigenvalue weighted by Gasteiger charge is -1.99. The van der Waals surface area contributed by atoms with E-state index in [-0.39, 0.29) is 11.4 Å². The van der Waals surface area contributed by atoms with Gasteiger partial charge in [0.25, 0.3) is 5.91 Å². The van der Waals surface area contributed by atoms with Crippen LogP contribution in [0.25, 0.3) is 0 Å². The van der Waals surface area contributed by atoms with E-state index < -0.39 is 5.91 Å². The Morgan fingerprint density at radius 1 is 1.22 bits per heavy atom. The van der Waals surface area contributed by atoms with Crippen molar-refractivity contribution < 1.29 is 9.90 Å². The number of hydrogen-bond acceptors (Lipinski definition) is 4. The van der Waals surface area contributed by atoms with Gasteiger partial charge in [-0.3, -0.25) is 9.78 Å². The van der Waals surface area contributed by atoms with Gasteiger partial charge in [0.15, 0.2) is 0 Å². The second kappa shape index (κ2) is 5.58. The molecule has 0 spiro atoms. The first-order valence-corrected chi connectivity index (χ1v) is 5.30. The van der Waals surface area contributed by atoms with Crippen LogP contribution in [0.2, 0.25) is 0 Å². The molecule has 2 aromatic rings. The third kappa shape index (κ3) is 2.91. The highest BCUT2D eigenvalue weighted by molar-refractivity contribution is 5.93. The van der Waals surface area contributed by atoms with Crippen molar-refractivity contribution >= 4 is 12.1 Å². The molecule has 2 rings (SSSR count). The predicted octanol–water partition coefficient (Wildman–Crippen LogP) is 1.55. The van der Waals surface area contributed by atoms with E-state index in [4.69, 9.17) is 0 Å². The second-order valence-corrected chi connectivity index (χ2v) is 3.47. The minimum Gasteiger partial charge on any atom is -0.507 e. The maximum atomic E-state index is 11.6. The normalized spacial score (nSPS) is 10.4. The molecule has 5 heteroatoms. The first-order chi connectivity index (χ1) is 8.77. The van der Waals surface area contributed by atoms with Crippen molar-refractivity contribution in [2.45, 2.75) is 0 Å². The maximum absolute atomic E-state index is 11.6. The molecular weight excluding hydrogens is 230 g/mol. The standard InChI is InChI=1S/C13H11N3O2/c17-12-7-2-1-5-10(12)9-15-16-13(18)11-6-3-4-8-14-11/h1-9,17H,(H,16,18)/b15-9+. The summed E-state index contributed by atoms with van der Waals surface area (Å²) in [6.07, 6.45) is 2.90. The van der Waals surface area contributed by atoms with Crippen molar-refractivity contribution in [3.05, 3.63) is 59.9 Å². The van der Waals surface area contributed by atoms with Crippen LogP contribution in [-0.2, 0) is 0 Å². The van der Waals surface area contributed by atoms with Crippen LogP contribution in [-0.4, -0.2) is 22.2 Å². The van der Waals surface area contributed by atoms with Crippen molar-refractivity contribution in [1.82, 2.24) is 10.4 Å². The number of hydrogen-bond donors (Lipinski definition) is 2. The SMILES string of the molecule is O=C(N/N=C/c1ccccc1O)c1ccccn1. The Morgan fingerprint density at radius 2 is 2.00 bits per heavy atom. The van der Waals surface area contributed by atoms with Crippen LogP contribution in [0.4, 0.5) is 0 Å². The van der Waals surface area contributed by atoms with Crippen molar-refractivity contribution in [2.75, 3.05) is 0 Å². The van der Waals surface area contributed by atoms with E-state index in [0.717, 1.165) is 0 Å². The molecule has 90 valence electrons. The number of carbonyl (C=O) groups excluding carboxylic acids is 1. The fourth-order valence-corrected chi connectivity index (χ4v) is 1.31. The molecule has 0 saturated heterocycles. The van der Waals surface area contributed by atoms with Gasteiger partial charge in [0, 0.05) is 11.8 Å². The summed E-state index contributed by atoms with van der Waals surface area (Å²) in [5.74, 6) is -0.296. The van der Waals surface area contributed by atoms with Crippen molar-refractivity contribution in [3.8, 4) is 5.75 Å². The Kier molecular flexibility index (Phi) is 3.66. The van der Waals surface area contributed by atoms with Gasteiger partial charge in [-0.25, -0.2) is 5.43 Å². The number of nitrogens with zero attached hydrogens (tertiary/aromatic N) is 2. The summed E-state index contributed by atoms with van der Waals surface area (Å²) in [7, 11) is 0. The molecule has 2 N–H and O–H groups in total. The number of amides is 1. The third-order valence-corrected chi connectivity index (χ3v) is 2.20. The molecule has 0 bridgehead atoms. The number of phenolic OH excluding ortho intramolecular Hbond substituents is 1. The van der Waals surface area contributed by atoms with Gasteiger partial charge in [-0.05, 0) is 24.3 Å². The second-order valence-electron chi connectivity index (χ2n) is 3.47. The summed E-state index contributed by atoms with van der Waals surface area (Å²) < 4.78 is 0. The zero-order valence-electron chi connectivity index (χ0n) is 9.45. The zero-order chi connectivity index (χ0) is 12.8. The minimum atomic E-state index is -0.401. The summed E-state index contributed by atoms with van der Waals surface area (Å²) in [6, 6.07) is 11.7. The van der Waals surface area contributed by atoms with Crippen LogP contribution >= 0.6 is 0 Å². The molecule has 5 nitrogen and oxygen atoms in total. The highest BCUT2D eigenvalue weighted by Gasteiger charge is 2.03. The molecule has 0 radical (unpaired) electrons. The van der Waals surface area contributed by atoms with E-state index in [1.54, 1.807) is 42.5 Å². The first kappa shape index (κ1) is 11.8. The summed E-state index contributed by atoms with van der Waals surface area (Å²) >= 11 is 0. The fraction of sp³-hybridized carbons (Fsp3) is 0. The zero-order valence-corrected chi connectivity index (χ0v) is 9.45. The number of aromatic hydroxyl groups is 1. The Hall–Kier alpha value is -2.69. The summed E-state index contributed by atoms with van der Waals surface area (Å²) in [5, 5.41) is 13.2. The molecule has 1 amide bonds. The van der Waals surface area contributed by atoms with E-state index >= 15 is 0 Å². The average molecular weight is 241 g/mol. The topological polar surface area (TPSA) is 74.6 Å². The van der Waals surface area contributed by atoms with Crippen LogP contribution in [0, 0.1) is 0 Å². The number of pyridine rings is 1. The number of carbonyl (C=O) groups is 1. The third-order valence-electron chi connectivity index (χ3n) is 2.20. The summed E-state index contributed by atoms with van der Waals surface area (Å²) in [4.78, 5) is 15.5. The Balaban J connectivity index is 2.00. The average Bonchev–Trinajstić information content (AvgIpc) is 2.42. The smallest absolute Gasteiger partial charge is 0.289 e. The summed E-state index contributed by atoms with van der Waals surface area (Å²) in [5.41, 5.74) is 3.14. The Bertz CT molecular complexity index is 567.